The highest BCUT2D eigenvalue weighted by Crippen LogP contribution is 2.32. The summed E-state index contributed by atoms with van der Waals surface area (Å²) >= 11 is 0. The van der Waals surface area contributed by atoms with E-state index in [2.05, 4.69) is 10.9 Å². The van der Waals surface area contributed by atoms with Gasteiger partial charge in [0, 0.05) is 5.56 Å². The van der Waals surface area contributed by atoms with Gasteiger partial charge in [-0.05, 0) is 42.5 Å². The molecule has 0 fully saturated rings. The Kier molecular flexibility index (Phi) is 4.97. The Labute approximate surface area is 146 Å². The van der Waals surface area contributed by atoms with Crippen LogP contribution in [0.1, 0.15) is 20.7 Å². The van der Waals surface area contributed by atoms with Crippen molar-refractivity contribution in [2.45, 2.75) is 0 Å². The van der Waals surface area contributed by atoms with Crippen LogP contribution < -0.4 is 20.3 Å². The molecule has 26 heavy (non-hydrogen) atoms. The molecule has 2 aromatic carbocycles. The van der Waals surface area contributed by atoms with Crippen molar-refractivity contribution in [3.63, 3.8) is 0 Å². The van der Waals surface area contributed by atoms with Crippen LogP contribution in [0.15, 0.2) is 42.5 Å². The van der Waals surface area contributed by atoms with E-state index in [1.54, 1.807) is 6.07 Å². The van der Waals surface area contributed by atoms with Crippen LogP contribution in [0.2, 0.25) is 0 Å². The fraction of sp³-hybridized carbons (Fsp3) is 0.118. The van der Waals surface area contributed by atoms with E-state index in [0.29, 0.717) is 11.5 Å². The molecular formula is C17H13FN2O6. The molecule has 9 heteroatoms. The van der Waals surface area contributed by atoms with Crippen LogP contribution in [0.5, 0.6) is 11.5 Å². The van der Waals surface area contributed by atoms with E-state index in [1.165, 1.54) is 24.3 Å². The normalized spacial score (nSPS) is 11.6. The highest BCUT2D eigenvalue weighted by molar-refractivity contribution is 5.96. The van der Waals surface area contributed by atoms with E-state index in [0.717, 1.165) is 12.1 Å². The van der Waals surface area contributed by atoms with Gasteiger partial charge in [0.25, 0.3) is 11.8 Å². The summed E-state index contributed by atoms with van der Waals surface area (Å²) in [6, 6.07) is 9.23. The Balaban J connectivity index is 1.45. The molecule has 2 amide bonds. The van der Waals surface area contributed by atoms with Gasteiger partial charge in [-0.3, -0.25) is 20.4 Å². The first-order chi connectivity index (χ1) is 12.5. The minimum Gasteiger partial charge on any atom is -0.454 e. The highest BCUT2D eigenvalue weighted by atomic mass is 19.1. The molecular weight excluding hydrogens is 347 g/mol. The van der Waals surface area contributed by atoms with Crippen molar-refractivity contribution < 1.29 is 33.0 Å². The number of esters is 1. The third-order valence-corrected chi connectivity index (χ3v) is 3.36. The Hall–Kier alpha value is -3.62. The molecule has 134 valence electrons. The zero-order chi connectivity index (χ0) is 18.5. The number of hydrogen-bond donors (Lipinski definition) is 2. The molecule has 1 aliphatic rings. The van der Waals surface area contributed by atoms with E-state index < -0.39 is 30.2 Å². The van der Waals surface area contributed by atoms with Crippen molar-refractivity contribution in [2.24, 2.45) is 0 Å². The zero-order valence-electron chi connectivity index (χ0n) is 13.3. The van der Waals surface area contributed by atoms with Gasteiger partial charge in [0.15, 0.2) is 18.1 Å². The smallest absolute Gasteiger partial charge is 0.338 e. The third kappa shape index (κ3) is 4.07. The van der Waals surface area contributed by atoms with Gasteiger partial charge < -0.3 is 14.2 Å². The number of halogens is 1. The van der Waals surface area contributed by atoms with Gasteiger partial charge in [-0.25, -0.2) is 9.18 Å². The summed E-state index contributed by atoms with van der Waals surface area (Å²) in [4.78, 5) is 35.3. The predicted molar refractivity (Wildman–Crippen MR) is 84.9 cm³/mol. The molecule has 0 radical (unpaired) electrons. The van der Waals surface area contributed by atoms with Gasteiger partial charge in [0.2, 0.25) is 6.79 Å². The Bertz CT molecular complexity index is 853. The van der Waals surface area contributed by atoms with Crippen LogP contribution in [0, 0.1) is 5.82 Å². The lowest BCUT2D eigenvalue weighted by atomic mass is 10.2. The summed E-state index contributed by atoms with van der Waals surface area (Å²) in [7, 11) is 0. The number of ether oxygens (including phenoxy) is 3. The maximum absolute atomic E-state index is 12.8. The fourth-order valence-electron chi connectivity index (χ4n) is 2.07. The van der Waals surface area contributed by atoms with Gasteiger partial charge >= 0.3 is 5.97 Å². The monoisotopic (exact) mass is 360 g/mol. The average molecular weight is 360 g/mol. The first-order valence-electron chi connectivity index (χ1n) is 7.44. The molecule has 2 aromatic rings. The Morgan fingerprint density at radius 1 is 0.962 bits per heavy atom. The third-order valence-electron chi connectivity index (χ3n) is 3.36. The molecule has 0 spiro atoms. The molecule has 0 bridgehead atoms. The molecule has 0 atom stereocenters. The maximum atomic E-state index is 12.8. The van der Waals surface area contributed by atoms with E-state index in [4.69, 9.17) is 14.2 Å². The van der Waals surface area contributed by atoms with Gasteiger partial charge in [0.1, 0.15) is 5.82 Å². The van der Waals surface area contributed by atoms with Gasteiger partial charge in [-0.2, -0.15) is 0 Å². The number of amides is 2. The second kappa shape index (κ2) is 7.51. The van der Waals surface area contributed by atoms with Gasteiger partial charge in [0.05, 0.1) is 5.56 Å². The second-order valence-corrected chi connectivity index (χ2v) is 5.15. The van der Waals surface area contributed by atoms with Crippen molar-refractivity contribution >= 4 is 17.8 Å². The summed E-state index contributed by atoms with van der Waals surface area (Å²) in [6.07, 6.45) is 0. The lowest BCUT2D eigenvalue weighted by molar-refractivity contribution is -0.125. The van der Waals surface area contributed by atoms with Gasteiger partial charge in [-0.15, -0.1) is 0 Å². The largest absolute Gasteiger partial charge is 0.454 e. The van der Waals surface area contributed by atoms with E-state index >= 15 is 0 Å². The highest BCUT2D eigenvalue weighted by Gasteiger charge is 2.17. The van der Waals surface area contributed by atoms with Crippen LogP contribution in [0.4, 0.5) is 4.39 Å². The van der Waals surface area contributed by atoms with Crippen LogP contribution in [0.25, 0.3) is 0 Å². The topological polar surface area (TPSA) is 103 Å². The molecule has 1 aliphatic heterocycles. The molecule has 1 heterocycles. The van der Waals surface area contributed by atoms with E-state index in [1.807, 2.05) is 0 Å². The fourth-order valence-corrected chi connectivity index (χ4v) is 2.07. The second-order valence-electron chi connectivity index (χ2n) is 5.15. The number of fused-ring (bicyclic) bond motifs is 1. The quantitative estimate of drug-likeness (QED) is 0.627. The lowest BCUT2D eigenvalue weighted by Gasteiger charge is -2.08. The Morgan fingerprint density at radius 2 is 1.65 bits per heavy atom. The van der Waals surface area contributed by atoms with Crippen LogP contribution >= 0.6 is 0 Å². The van der Waals surface area contributed by atoms with Crippen molar-refractivity contribution in [1.29, 1.82) is 0 Å². The lowest BCUT2D eigenvalue weighted by Crippen LogP contribution is -2.43. The summed E-state index contributed by atoms with van der Waals surface area (Å²) in [5.74, 6) is -1.67. The summed E-state index contributed by atoms with van der Waals surface area (Å²) in [5, 5.41) is 0. The predicted octanol–water partition coefficient (Wildman–Crippen LogP) is 1.17. The van der Waals surface area contributed by atoms with E-state index in [-0.39, 0.29) is 17.9 Å². The number of carbonyl (C=O) groups excluding carboxylic acids is 3. The first kappa shape index (κ1) is 17.2. The molecule has 2 N–H and O–H groups in total. The molecule has 0 aromatic heterocycles. The first-order valence-corrected chi connectivity index (χ1v) is 7.44. The maximum Gasteiger partial charge on any atom is 0.338 e. The molecule has 0 saturated heterocycles. The number of hydrogen-bond acceptors (Lipinski definition) is 6. The zero-order valence-corrected chi connectivity index (χ0v) is 13.3. The number of hydrazine groups is 1. The summed E-state index contributed by atoms with van der Waals surface area (Å²) < 4.78 is 27.9. The molecule has 8 nitrogen and oxygen atoms in total. The van der Waals surface area contributed by atoms with Crippen molar-refractivity contribution in [2.75, 3.05) is 13.4 Å². The summed E-state index contributed by atoms with van der Waals surface area (Å²) in [5.41, 5.74) is 4.57. The number of benzene rings is 2. The minimum absolute atomic E-state index is 0.0734. The standard InChI is InChI=1S/C17H13FN2O6/c18-12-4-1-10(2-5-12)16(22)20-19-15(21)8-24-17(23)11-3-6-13-14(7-11)26-9-25-13/h1-7H,8-9H2,(H,19,21)(H,20,22). The van der Waals surface area contributed by atoms with Crippen molar-refractivity contribution in [3.05, 3.63) is 59.4 Å². The number of rotatable bonds is 4. The summed E-state index contributed by atoms with van der Waals surface area (Å²) in [6.45, 7) is -0.527. The average Bonchev–Trinajstić information content (AvgIpc) is 3.12. The minimum atomic E-state index is -0.741. The van der Waals surface area contributed by atoms with E-state index in [9.17, 15) is 18.8 Å². The molecule has 0 aliphatic carbocycles. The van der Waals surface area contributed by atoms with Gasteiger partial charge in [-0.1, -0.05) is 0 Å². The SMILES string of the molecule is O=C(COC(=O)c1ccc2c(c1)OCO2)NNC(=O)c1ccc(F)cc1. The van der Waals surface area contributed by atoms with Crippen molar-refractivity contribution in [1.82, 2.24) is 10.9 Å². The van der Waals surface area contributed by atoms with Crippen molar-refractivity contribution in [3.8, 4) is 11.5 Å². The van der Waals surface area contributed by atoms with Crippen LogP contribution in [0.3, 0.4) is 0 Å². The molecule has 0 unspecified atom stereocenters. The molecule has 0 saturated carbocycles. The number of carbonyl (C=O) groups is 3. The van der Waals surface area contributed by atoms with Crippen LogP contribution in [-0.4, -0.2) is 31.2 Å². The number of nitrogens with one attached hydrogen (secondary N) is 2. The Morgan fingerprint density at radius 3 is 2.42 bits per heavy atom. The molecule has 3 rings (SSSR count). The van der Waals surface area contributed by atoms with Crippen LogP contribution in [-0.2, 0) is 9.53 Å².